The first-order valence-corrected chi connectivity index (χ1v) is 14.5. The molecular formula is C30H39ClF3N3O3. The molecule has 0 spiro atoms. The number of rotatable bonds is 7. The number of carbonyl (C=O) groups excluding carboxylic acids is 2. The molecule has 10 heteroatoms. The second kappa shape index (κ2) is 11.9. The van der Waals surface area contributed by atoms with Gasteiger partial charge in [0.1, 0.15) is 0 Å². The number of hydrogen-bond acceptors (Lipinski definition) is 4. The Morgan fingerprint density at radius 3 is 2.23 bits per heavy atom. The second-order valence-electron chi connectivity index (χ2n) is 11.7. The molecule has 2 fully saturated rings. The van der Waals surface area contributed by atoms with E-state index in [0.29, 0.717) is 53.7 Å². The van der Waals surface area contributed by atoms with Crippen LogP contribution in [0.2, 0.25) is 0 Å². The molecule has 1 aromatic rings. The predicted octanol–water partition coefficient (Wildman–Crippen LogP) is 5.04. The Hall–Kier alpha value is -2.36. The topological polar surface area (TPSA) is 86.9 Å². The van der Waals surface area contributed by atoms with Gasteiger partial charge in [-0.15, -0.1) is 0 Å². The number of nitrogens with two attached hydrogens (primary N) is 1. The van der Waals surface area contributed by atoms with Crippen LogP contribution < -0.4 is 5.73 Å². The Kier molecular flexibility index (Phi) is 9.07. The Morgan fingerprint density at radius 2 is 1.70 bits per heavy atom. The van der Waals surface area contributed by atoms with Crippen LogP contribution in [0.4, 0.5) is 13.2 Å². The highest BCUT2D eigenvalue weighted by atomic mass is 35.5. The van der Waals surface area contributed by atoms with Crippen molar-refractivity contribution < 1.29 is 27.9 Å². The summed E-state index contributed by atoms with van der Waals surface area (Å²) in [5.74, 6) is -0.996. The van der Waals surface area contributed by atoms with Crippen molar-refractivity contribution in [2.45, 2.75) is 76.1 Å². The summed E-state index contributed by atoms with van der Waals surface area (Å²) in [7, 11) is 0. The van der Waals surface area contributed by atoms with Crippen LogP contribution in [0.25, 0.3) is 0 Å². The Bertz CT molecular complexity index is 1170. The number of halogens is 4. The van der Waals surface area contributed by atoms with Crippen LogP contribution in [0.5, 0.6) is 0 Å². The largest absolute Gasteiger partial charge is 0.430 e. The van der Waals surface area contributed by atoms with E-state index < -0.39 is 29.2 Å². The van der Waals surface area contributed by atoms with Gasteiger partial charge in [-0.05, 0) is 88.4 Å². The number of aryl methyl sites for hydroxylation is 1. The van der Waals surface area contributed by atoms with Gasteiger partial charge in [0.25, 0.3) is 11.5 Å². The number of benzene rings is 1. The molecule has 0 radical (unpaired) electrons. The zero-order valence-electron chi connectivity index (χ0n) is 23.1. The van der Waals surface area contributed by atoms with Gasteiger partial charge in [0.2, 0.25) is 5.91 Å². The average Bonchev–Trinajstić information content (AvgIpc) is 2.92. The van der Waals surface area contributed by atoms with Crippen LogP contribution in [-0.2, 0) is 21.6 Å². The number of carbonyl (C=O) groups is 2. The number of primary amides is 1. The van der Waals surface area contributed by atoms with E-state index in [9.17, 15) is 27.9 Å². The number of nitrogens with zero attached hydrogens (tertiary/aromatic N) is 2. The molecule has 40 heavy (non-hydrogen) atoms. The normalized spacial score (nSPS) is 25.2. The van der Waals surface area contributed by atoms with Crippen LogP contribution in [0.1, 0.15) is 63.5 Å². The molecule has 0 bridgehead atoms. The van der Waals surface area contributed by atoms with Gasteiger partial charge in [-0.3, -0.25) is 14.5 Å². The summed E-state index contributed by atoms with van der Waals surface area (Å²) in [5.41, 5.74) is 2.13. The third kappa shape index (κ3) is 6.11. The number of piperidine rings is 2. The second-order valence-corrected chi connectivity index (χ2v) is 12.1. The van der Waals surface area contributed by atoms with Crippen molar-refractivity contribution in [3.63, 3.8) is 0 Å². The molecule has 2 unspecified atom stereocenters. The van der Waals surface area contributed by atoms with Crippen LogP contribution in [-0.4, -0.2) is 64.6 Å². The minimum Gasteiger partial charge on any atom is -0.369 e. The Balaban J connectivity index is 1.31. The molecule has 0 aromatic heterocycles. The van der Waals surface area contributed by atoms with E-state index >= 15 is 0 Å². The highest BCUT2D eigenvalue weighted by Gasteiger charge is 2.62. The maximum absolute atomic E-state index is 14.1. The third-order valence-corrected chi connectivity index (χ3v) is 9.37. The lowest BCUT2D eigenvalue weighted by atomic mass is 9.80. The lowest BCUT2D eigenvalue weighted by Gasteiger charge is -2.45. The summed E-state index contributed by atoms with van der Waals surface area (Å²) in [4.78, 5) is 28.3. The van der Waals surface area contributed by atoms with Crippen molar-refractivity contribution in [3.05, 3.63) is 58.1 Å². The van der Waals surface area contributed by atoms with Crippen molar-refractivity contribution >= 4 is 23.4 Å². The van der Waals surface area contributed by atoms with Gasteiger partial charge in [0.15, 0.2) is 0 Å². The molecule has 3 N–H and O–H groups in total. The van der Waals surface area contributed by atoms with Gasteiger partial charge >= 0.3 is 6.18 Å². The van der Waals surface area contributed by atoms with Gasteiger partial charge in [0.05, 0.1) is 10.6 Å². The first-order chi connectivity index (χ1) is 18.8. The fraction of sp³-hybridized carbons (Fsp3) is 0.600. The van der Waals surface area contributed by atoms with E-state index in [1.54, 1.807) is 6.07 Å². The van der Waals surface area contributed by atoms with E-state index in [0.717, 1.165) is 32.4 Å². The van der Waals surface area contributed by atoms with Crippen LogP contribution in [0.15, 0.2) is 47.0 Å². The fourth-order valence-corrected chi connectivity index (χ4v) is 6.84. The average molecular weight is 582 g/mol. The number of alkyl halides is 3. The van der Waals surface area contributed by atoms with Gasteiger partial charge in [-0.25, -0.2) is 0 Å². The van der Waals surface area contributed by atoms with Crippen LogP contribution in [0.3, 0.4) is 0 Å². The minimum atomic E-state index is -5.13. The van der Waals surface area contributed by atoms with E-state index in [4.69, 9.17) is 17.3 Å². The monoisotopic (exact) mass is 581 g/mol. The van der Waals surface area contributed by atoms with Gasteiger partial charge in [-0.2, -0.15) is 13.2 Å². The Morgan fingerprint density at radius 1 is 1.10 bits per heavy atom. The number of hydrogen-bond donors (Lipinski definition) is 2. The summed E-state index contributed by atoms with van der Waals surface area (Å²) in [6, 6.07) is 5.58. The zero-order valence-corrected chi connectivity index (χ0v) is 23.9. The van der Waals surface area contributed by atoms with Crippen molar-refractivity contribution in [1.29, 1.82) is 0 Å². The molecule has 3 aliphatic rings. The molecule has 1 aliphatic carbocycles. The van der Waals surface area contributed by atoms with E-state index in [-0.39, 0.29) is 18.6 Å². The molecule has 2 saturated heterocycles. The number of likely N-dealkylation sites (tertiary alicyclic amines) is 2. The highest BCUT2D eigenvalue weighted by Crippen LogP contribution is 2.42. The molecular weight excluding hydrogens is 543 g/mol. The van der Waals surface area contributed by atoms with E-state index in [1.165, 1.54) is 23.1 Å². The SMILES string of the molecule is CCc1cccc(C(O)(C(=O)N2CCC(CC3CCN(C4(C)C=C(Cl)C(C(N)=O)=CC4)CC3)CC2)C(F)(F)F)c1. The van der Waals surface area contributed by atoms with Crippen molar-refractivity contribution in [1.82, 2.24) is 9.80 Å². The predicted molar refractivity (Wildman–Crippen MR) is 148 cm³/mol. The summed E-state index contributed by atoms with van der Waals surface area (Å²) in [6.07, 6.45) is 3.95. The lowest BCUT2D eigenvalue weighted by Crippen LogP contribution is -2.57. The maximum Gasteiger partial charge on any atom is 0.430 e. The van der Waals surface area contributed by atoms with Crippen molar-refractivity contribution in [2.75, 3.05) is 26.2 Å². The summed E-state index contributed by atoms with van der Waals surface area (Å²) in [6.45, 7) is 6.08. The highest BCUT2D eigenvalue weighted by molar-refractivity contribution is 6.35. The zero-order chi connectivity index (χ0) is 29.3. The van der Waals surface area contributed by atoms with Gasteiger partial charge < -0.3 is 15.7 Å². The molecule has 2 aliphatic heterocycles. The fourth-order valence-electron chi connectivity index (χ4n) is 6.43. The van der Waals surface area contributed by atoms with Crippen LogP contribution >= 0.6 is 11.6 Å². The molecule has 0 saturated carbocycles. The Labute approximate surface area is 239 Å². The molecule has 2 heterocycles. The maximum atomic E-state index is 14.1. The quantitative estimate of drug-likeness (QED) is 0.473. The molecule has 6 nitrogen and oxygen atoms in total. The molecule has 2 amide bonds. The number of amides is 2. The molecule has 1 aromatic carbocycles. The smallest absolute Gasteiger partial charge is 0.369 e. The molecule has 2 atom stereocenters. The van der Waals surface area contributed by atoms with Crippen molar-refractivity contribution in [2.24, 2.45) is 17.6 Å². The number of aliphatic hydroxyl groups is 1. The first kappa shape index (κ1) is 30.6. The van der Waals surface area contributed by atoms with Gasteiger partial charge in [-0.1, -0.05) is 48.9 Å². The first-order valence-electron chi connectivity index (χ1n) is 14.1. The van der Waals surface area contributed by atoms with Crippen molar-refractivity contribution in [3.8, 4) is 0 Å². The van der Waals surface area contributed by atoms with Gasteiger partial charge in [0, 0.05) is 24.2 Å². The summed E-state index contributed by atoms with van der Waals surface area (Å²) >= 11 is 6.33. The van der Waals surface area contributed by atoms with E-state index in [1.807, 2.05) is 19.1 Å². The molecule has 220 valence electrons. The summed E-state index contributed by atoms with van der Waals surface area (Å²) < 4.78 is 42.4. The standard InChI is InChI=1S/C30H39ClF3N3O3/c1-3-20-5-4-6-23(18-20)29(40,30(32,33)34)27(39)36-13-8-21(9-14-36)17-22-10-15-37(16-11-22)28(2)12-7-24(26(35)38)25(31)19-28/h4-7,18-19,21-22,40H,3,8-17H2,1-2H3,(H2,35,38). The van der Waals surface area contributed by atoms with E-state index in [2.05, 4.69) is 11.8 Å². The van der Waals surface area contributed by atoms with Crippen LogP contribution in [0, 0.1) is 11.8 Å². The lowest BCUT2D eigenvalue weighted by molar-refractivity contribution is -0.262. The third-order valence-electron chi connectivity index (χ3n) is 9.06. The minimum absolute atomic E-state index is 0.199. The summed E-state index contributed by atoms with van der Waals surface area (Å²) in [5, 5.41) is 11.2. The molecule has 4 rings (SSSR count).